The van der Waals surface area contributed by atoms with Gasteiger partial charge in [0.2, 0.25) is 0 Å². The van der Waals surface area contributed by atoms with Gasteiger partial charge in [-0.2, -0.15) is 0 Å². The molecule has 2 N–H and O–H groups in total. The fraction of sp³-hybridized carbons (Fsp3) is 0.438. The lowest BCUT2D eigenvalue weighted by molar-refractivity contribution is 0.576. The van der Waals surface area contributed by atoms with Crippen molar-refractivity contribution in [3.8, 4) is 11.3 Å². The second-order valence-corrected chi connectivity index (χ2v) is 6.76. The third kappa shape index (κ3) is 2.26. The Bertz CT molecular complexity index is 654. The van der Waals surface area contributed by atoms with Crippen molar-refractivity contribution in [1.82, 2.24) is 9.55 Å². The van der Waals surface area contributed by atoms with Crippen molar-refractivity contribution in [3.63, 3.8) is 0 Å². The first-order chi connectivity index (χ1) is 9.49. The second kappa shape index (κ2) is 4.92. The molecule has 1 saturated carbocycles. The maximum Gasteiger partial charge on any atom is 0.131 e. The molecule has 1 aromatic carbocycles. The molecular formula is C16H20BrN3. The highest BCUT2D eigenvalue weighted by Crippen LogP contribution is 2.43. The van der Waals surface area contributed by atoms with Crippen molar-refractivity contribution in [3.05, 3.63) is 34.1 Å². The number of rotatable bonds is 3. The Morgan fingerprint density at radius 1 is 1.35 bits per heavy atom. The number of aromatic nitrogens is 2. The van der Waals surface area contributed by atoms with Crippen LogP contribution in [0, 0.1) is 6.92 Å². The average molecular weight is 334 g/mol. The monoisotopic (exact) mass is 333 g/mol. The Morgan fingerprint density at radius 2 is 2.05 bits per heavy atom. The molecule has 0 saturated heterocycles. The first-order valence-electron chi connectivity index (χ1n) is 7.13. The molecule has 1 aliphatic carbocycles. The molecule has 1 aliphatic rings. The van der Waals surface area contributed by atoms with Crippen LogP contribution in [0.4, 0.5) is 5.82 Å². The van der Waals surface area contributed by atoms with Crippen molar-refractivity contribution in [2.75, 3.05) is 5.73 Å². The highest BCUT2D eigenvalue weighted by molar-refractivity contribution is 9.10. The maximum atomic E-state index is 6.38. The first kappa shape index (κ1) is 13.7. The van der Waals surface area contributed by atoms with Gasteiger partial charge in [-0.05, 0) is 45.2 Å². The topological polar surface area (TPSA) is 43.8 Å². The predicted molar refractivity (Wildman–Crippen MR) is 86.9 cm³/mol. The number of hydrogen-bond acceptors (Lipinski definition) is 2. The summed E-state index contributed by atoms with van der Waals surface area (Å²) in [6.07, 6.45) is 2.47. The molecule has 0 amide bonds. The Morgan fingerprint density at radius 3 is 2.60 bits per heavy atom. The fourth-order valence-corrected chi connectivity index (χ4v) is 2.97. The molecule has 106 valence electrons. The van der Waals surface area contributed by atoms with Crippen molar-refractivity contribution in [1.29, 1.82) is 0 Å². The second-order valence-electron chi connectivity index (χ2n) is 5.91. The van der Waals surface area contributed by atoms with E-state index in [2.05, 4.69) is 59.5 Å². The van der Waals surface area contributed by atoms with Gasteiger partial charge in [0.1, 0.15) is 17.3 Å². The molecule has 0 radical (unpaired) electrons. The van der Waals surface area contributed by atoms with Crippen LogP contribution >= 0.6 is 15.9 Å². The zero-order valence-corrected chi connectivity index (χ0v) is 13.7. The summed E-state index contributed by atoms with van der Waals surface area (Å²) >= 11 is 3.59. The molecule has 1 fully saturated rings. The summed E-state index contributed by atoms with van der Waals surface area (Å²) in [7, 11) is 0. The van der Waals surface area contributed by atoms with Crippen molar-refractivity contribution in [2.45, 2.75) is 45.6 Å². The number of hydrogen-bond donors (Lipinski definition) is 1. The number of nitrogens with two attached hydrogens (primary N) is 1. The highest BCUT2D eigenvalue weighted by atomic mass is 79.9. The van der Waals surface area contributed by atoms with Gasteiger partial charge >= 0.3 is 0 Å². The standard InChI is InChI=1S/C16H20BrN3/c1-9(2)20-15(18)14(19-16(20)11-6-7-11)12-5-4-10(3)13(17)8-12/h4-5,8-9,11H,6-7,18H2,1-3H3. The van der Waals surface area contributed by atoms with Gasteiger partial charge in [0, 0.05) is 22.0 Å². The lowest BCUT2D eigenvalue weighted by atomic mass is 10.1. The predicted octanol–water partition coefficient (Wildman–Crippen LogP) is 4.66. The molecule has 3 rings (SSSR count). The van der Waals surface area contributed by atoms with Crippen LogP contribution in [0.2, 0.25) is 0 Å². The van der Waals surface area contributed by atoms with Crippen molar-refractivity contribution in [2.24, 2.45) is 0 Å². The van der Waals surface area contributed by atoms with Crippen LogP contribution in [0.1, 0.15) is 50.0 Å². The lowest BCUT2D eigenvalue weighted by Gasteiger charge is -2.13. The van der Waals surface area contributed by atoms with E-state index in [0.717, 1.165) is 27.4 Å². The summed E-state index contributed by atoms with van der Waals surface area (Å²) < 4.78 is 3.29. The molecule has 2 aromatic rings. The number of halogens is 1. The van der Waals surface area contributed by atoms with Crippen LogP contribution in [0.5, 0.6) is 0 Å². The van der Waals surface area contributed by atoms with Crippen molar-refractivity contribution < 1.29 is 0 Å². The average Bonchev–Trinajstić information content (AvgIpc) is 3.16. The third-order valence-corrected chi connectivity index (χ3v) is 4.73. The molecule has 0 spiro atoms. The van der Waals surface area contributed by atoms with Gasteiger partial charge in [0.25, 0.3) is 0 Å². The van der Waals surface area contributed by atoms with Crippen molar-refractivity contribution >= 4 is 21.7 Å². The summed E-state index contributed by atoms with van der Waals surface area (Å²) in [5.74, 6) is 2.55. The van der Waals surface area contributed by atoms with E-state index in [0.29, 0.717) is 12.0 Å². The third-order valence-electron chi connectivity index (χ3n) is 3.88. The summed E-state index contributed by atoms with van der Waals surface area (Å²) in [5, 5.41) is 0. The Labute approximate surface area is 128 Å². The number of aryl methyl sites for hydroxylation is 1. The zero-order valence-electron chi connectivity index (χ0n) is 12.2. The van der Waals surface area contributed by atoms with E-state index in [1.807, 2.05) is 0 Å². The molecule has 3 nitrogen and oxygen atoms in total. The number of benzene rings is 1. The SMILES string of the molecule is Cc1ccc(-c2nc(C3CC3)n(C(C)C)c2N)cc1Br. The first-order valence-corrected chi connectivity index (χ1v) is 7.92. The van der Waals surface area contributed by atoms with Gasteiger partial charge in [0.15, 0.2) is 0 Å². The van der Waals surface area contributed by atoms with E-state index in [1.165, 1.54) is 18.4 Å². The van der Waals surface area contributed by atoms with Gasteiger partial charge in [-0.3, -0.25) is 0 Å². The quantitative estimate of drug-likeness (QED) is 0.887. The molecule has 1 heterocycles. The van der Waals surface area contributed by atoms with E-state index in [4.69, 9.17) is 10.7 Å². The van der Waals surface area contributed by atoms with E-state index in [1.54, 1.807) is 0 Å². The lowest BCUT2D eigenvalue weighted by Crippen LogP contribution is -2.08. The summed E-state index contributed by atoms with van der Waals surface area (Å²) in [6, 6.07) is 6.65. The molecule has 4 heteroatoms. The minimum absolute atomic E-state index is 0.348. The largest absolute Gasteiger partial charge is 0.383 e. The number of nitrogen functional groups attached to an aromatic ring is 1. The van der Waals surface area contributed by atoms with Gasteiger partial charge < -0.3 is 10.3 Å². The van der Waals surface area contributed by atoms with Crippen LogP contribution in [0.15, 0.2) is 22.7 Å². The van der Waals surface area contributed by atoms with Crippen LogP contribution in [-0.4, -0.2) is 9.55 Å². The number of anilines is 1. The van der Waals surface area contributed by atoms with Crippen LogP contribution < -0.4 is 5.73 Å². The molecule has 20 heavy (non-hydrogen) atoms. The van der Waals surface area contributed by atoms with E-state index >= 15 is 0 Å². The molecule has 0 unspecified atom stereocenters. The maximum absolute atomic E-state index is 6.38. The minimum atomic E-state index is 0.348. The minimum Gasteiger partial charge on any atom is -0.383 e. The molecule has 1 aromatic heterocycles. The molecule has 0 atom stereocenters. The molecular weight excluding hydrogens is 314 g/mol. The summed E-state index contributed by atoms with van der Waals surface area (Å²) in [4.78, 5) is 4.85. The molecule has 0 bridgehead atoms. The van der Waals surface area contributed by atoms with Gasteiger partial charge in [-0.15, -0.1) is 0 Å². The van der Waals surface area contributed by atoms with Crippen LogP contribution in [-0.2, 0) is 0 Å². The number of imidazole rings is 1. The normalized spacial score (nSPS) is 15.1. The molecule has 0 aliphatic heterocycles. The highest BCUT2D eigenvalue weighted by Gasteiger charge is 2.31. The summed E-state index contributed by atoms with van der Waals surface area (Å²) in [6.45, 7) is 6.41. The Hall–Kier alpha value is -1.29. The van der Waals surface area contributed by atoms with Gasteiger partial charge in [-0.1, -0.05) is 28.1 Å². The van der Waals surface area contributed by atoms with E-state index < -0.39 is 0 Å². The van der Waals surface area contributed by atoms with Crippen LogP contribution in [0.25, 0.3) is 11.3 Å². The van der Waals surface area contributed by atoms with Crippen LogP contribution in [0.3, 0.4) is 0 Å². The van der Waals surface area contributed by atoms with E-state index in [9.17, 15) is 0 Å². The van der Waals surface area contributed by atoms with E-state index in [-0.39, 0.29) is 0 Å². The number of nitrogens with zero attached hydrogens (tertiary/aromatic N) is 2. The smallest absolute Gasteiger partial charge is 0.131 e. The Kier molecular flexibility index (Phi) is 3.36. The Balaban J connectivity index is 2.13. The fourth-order valence-electron chi connectivity index (χ4n) is 2.59. The summed E-state index contributed by atoms with van der Waals surface area (Å²) in [5.41, 5.74) is 9.60. The van der Waals surface area contributed by atoms with Gasteiger partial charge in [-0.25, -0.2) is 4.98 Å². The van der Waals surface area contributed by atoms with Gasteiger partial charge in [0.05, 0.1) is 0 Å². The zero-order chi connectivity index (χ0) is 14.4.